The number of benzene rings is 1. The third kappa shape index (κ3) is 3.00. The molecule has 3 nitrogen and oxygen atoms in total. The van der Waals surface area contributed by atoms with Gasteiger partial charge in [0.05, 0.1) is 6.10 Å². The van der Waals surface area contributed by atoms with Crippen molar-refractivity contribution in [2.75, 3.05) is 0 Å². The highest BCUT2D eigenvalue weighted by Crippen LogP contribution is 2.25. The van der Waals surface area contributed by atoms with E-state index >= 15 is 0 Å². The summed E-state index contributed by atoms with van der Waals surface area (Å²) in [7, 11) is 1.91. The molecule has 90 valence electrons. The lowest BCUT2D eigenvalue weighted by Crippen LogP contribution is -2.08. The summed E-state index contributed by atoms with van der Waals surface area (Å²) in [4.78, 5) is 4.20. The number of aryl methyl sites for hydroxylation is 1. The molecule has 2 aromatic rings. The molecule has 2 rings (SSSR count). The SMILES string of the molecule is Cn1ccnc1CC(O)c1cc(Cl)ccc1I. The van der Waals surface area contributed by atoms with Gasteiger partial charge >= 0.3 is 0 Å². The Hall–Kier alpha value is -0.590. The average molecular weight is 363 g/mol. The number of aliphatic hydroxyl groups excluding tert-OH is 1. The fraction of sp³-hybridized carbons (Fsp3) is 0.250. The Labute approximate surface area is 119 Å². The highest BCUT2D eigenvalue weighted by atomic mass is 127. The van der Waals surface area contributed by atoms with Gasteiger partial charge in [-0.1, -0.05) is 11.6 Å². The Morgan fingerprint density at radius 1 is 1.53 bits per heavy atom. The minimum absolute atomic E-state index is 0.486. The Morgan fingerprint density at radius 2 is 2.29 bits per heavy atom. The zero-order valence-electron chi connectivity index (χ0n) is 9.27. The van der Waals surface area contributed by atoms with Crippen LogP contribution in [-0.2, 0) is 13.5 Å². The Morgan fingerprint density at radius 3 is 2.94 bits per heavy atom. The van der Waals surface area contributed by atoms with Crippen molar-refractivity contribution in [3.63, 3.8) is 0 Å². The maximum atomic E-state index is 10.2. The van der Waals surface area contributed by atoms with Crippen LogP contribution in [0.15, 0.2) is 30.6 Å². The van der Waals surface area contributed by atoms with Crippen LogP contribution >= 0.6 is 34.2 Å². The number of aromatic nitrogens is 2. The lowest BCUT2D eigenvalue weighted by Gasteiger charge is -2.13. The zero-order chi connectivity index (χ0) is 12.4. The summed E-state index contributed by atoms with van der Waals surface area (Å²) < 4.78 is 2.91. The molecular formula is C12H12ClIN2O. The van der Waals surface area contributed by atoms with Crippen LogP contribution < -0.4 is 0 Å². The molecular weight excluding hydrogens is 351 g/mol. The van der Waals surface area contributed by atoms with Gasteiger partial charge in [0, 0.05) is 34.5 Å². The quantitative estimate of drug-likeness (QED) is 0.853. The Bertz CT molecular complexity index is 527. The van der Waals surface area contributed by atoms with Crippen LogP contribution in [0.4, 0.5) is 0 Å². The van der Waals surface area contributed by atoms with Crippen LogP contribution in [0, 0.1) is 3.57 Å². The molecule has 0 fully saturated rings. The number of nitrogens with zero attached hydrogens (tertiary/aromatic N) is 2. The van der Waals surface area contributed by atoms with Crippen molar-refractivity contribution in [3.8, 4) is 0 Å². The number of rotatable bonds is 3. The number of halogens is 2. The van der Waals surface area contributed by atoms with Gasteiger partial charge < -0.3 is 9.67 Å². The van der Waals surface area contributed by atoms with Crippen LogP contribution in [0.5, 0.6) is 0 Å². The van der Waals surface area contributed by atoms with Gasteiger partial charge in [-0.05, 0) is 46.4 Å². The molecule has 0 bridgehead atoms. The maximum Gasteiger partial charge on any atom is 0.111 e. The first-order valence-corrected chi connectivity index (χ1v) is 6.63. The van der Waals surface area contributed by atoms with E-state index in [1.54, 1.807) is 12.3 Å². The molecule has 1 aromatic heterocycles. The third-order valence-corrected chi connectivity index (χ3v) is 3.83. The molecule has 0 saturated carbocycles. The van der Waals surface area contributed by atoms with Crippen molar-refractivity contribution < 1.29 is 5.11 Å². The van der Waals surface area contributed by atoms with E-state index in [9.17, 15) is 5.11 Å². The van der Waals surface area contributed by atoms with Crippen molar-refractivity contribution in [2.45, 2.75) is 12.5 Å². The third-order valence-electron chi connectivity index (χ3n) is 2.61. The summed E-state index contributed by atoms with van der Waals surface area (Å²) in [5.74, 6) is 0.855. The molecule has 1 heterocycles. The molecule has 1 atom stereocenters. The normalized spacial score (nSPS) is 12.7. The van der Waals surface area contributed by atoms with Gasteiger partial charge in [-0.3, -0.25) is 0 Å². The van der Waals surface area contributed by atoms with Crippen molar-refractivity contribution in [1.82, 2.24) is 9.55 Å². The number of hydrogen-bond donors (Lipinski definition) is 1. The van der Waals surface area contributed by atoms with E-state index in [0.717, 1.165) is 15.0 Å². The van der Waals surface area contributed by atoms with Gasteiger partial charge in [0.1, 0.15) is 5.82 Å². The second kappa shape index (κ2) is 5.37. The standard InChI is InChI=1S/C12H12ClIN2O/c1-16-5-4-15-12(16)7-11(17)9-6-8(13)2-3-10(9)14/h2-6,11,17H,7H2,1H3. The lowest BCUT2D eigenvalue weighted by atomic mass is 10.1. The summed E-state index contributed by atoms with van der Waals surface area (Å²) >= 11 is 8.14. The Kier molecular flexibility index (Phi) is 4.06. The fourth-order valence-corrected chi connectivity index (χ4v) is 2.52. The molecule has 0 spiro atoms. The van der Waals surface area contributed by atoms with Gasteiger partial charge in [-0.15, -0.1) is 0 Å². The largest absolute Gasteiger partial charge is 0.388 e. The summed E-state index contributed by atoms with van der Waals surface area (Å²) in [6, 6.07) is 5.52. The van der Waals surface area contributed by atoms with Crippen molar-refractivity contribution in [2.24, 2.45) is 7.05 Å². The number of hydrogen-bond acceptors (Lipinski definition) is 2. The molecule has 1 unspecified atom stereocenters. The van der Waals surface area contributed by atoms with Gasteiger partial charge in [0.2, 0.25) is 0 Å². The van der Waals surface area contributed by atoms with E-state index in [-0.39, 0.29) is 0 Å². The van der Waals surface area contributed by atoms with Crippen molar-refractivity contribution in [1.29, 1.82) is 0 Å². The molecule has 0 amide bonds. The molecule has 5 heteroatoms. The molecule has 0 aliphatic heterocycles. The van der Waals surface area contributed by atoms with Crippen LogP contribution in [0.25, 0.3) is 0 Å². The van der Waals surface area contributed by atoms with Crippen LogP contribution in [0.2, 0.25) is 5.02 Å². The number of imidazole rings is 1. The number of aliphatic hydroxyl groups is 1. The minimum Gasteiger partial charge on any atom is -0.388 e. The molecule has 17 heavy (non-hydrogen) atoms. The molecule has 0 aliphatic carbocycles. The lowest BCUT2D eigenvalue weighted by molar-refractivity contribution is 0.174. The first-order valence-electron chi connectivity index (χ1n) is 5.17. The van der Waals surface area contributed by atoms with E-state index in [1.165, 1.54) is 0 Å². The topological polar surface area (TPSA) is 38.0 Å². The van der Waals surface area contributed by atoms with Crippen LogP contribution in [-0.4, -0.2) is 14.7 Å². The average Bonchev–Trinajstić information content (AvgIpc) is 2.68. The summed E-state index contributed by atoms with van der Waals surface area (Å²) in [5, 5.41) is 10.8. The Balaban J connectivity index is 2.23. The minimum atomic E-state index is -0.582. The van der Waals surface area contributed by atoms with E-state index < -0.39 is 6.10 Å². The van der Waals surface area contributed by atoms with Crippen LogP contribution in [0.1, 0.15) is 17.5 Å². The predicted octanol–water partition coefficient (Wildman–Crippen LogP) is 2.95. The van der Waals surface area contributed by atoms with Gasteiger partial charge in [0.25, 0.3) is 0 Å². The van der Waals surface area contributed by atoms with Gasteiger partial charge in [0.15, 0.2) is 0 Å². The summed E-state index contributed by atoms with van der Waals surface area (Å²) in [5.41, 5.74) is 0.848. The maximum absolute atomic E-state index is 10.2. The summed E-state index contributed by atoms with van der Waals surface area (Å²) in [6.07, 6.45) is 3.50. The van der Waals surface area contributed by atoms with Gasteiger partial charge in [-0.25, -0.2) is 4.98 Å². The second-order valence-corrected chi connectivity index (χ2v) is 5.44. The summed E-state index contributed by atoms with van der Waals surface area (Å²) in [6.45, 7) is 0. The van der Waals surface area contributed by atoms with Gasteiger partial charge in [-0.2, -0.15) is 0 Å². The van der Waals surface area contributed by atoms with E-state index in [0.29, 0.717) is 11.4 Å². The first-order chi connectivity index (χ1) is 8.08. The molecule has 0 saturated heterocycles. The first kappa shape index (κ1) is 12.9. The van der Waals surface area contributed by atoms with Crippen molar-refractivity contribution >= 4 is 34.2 Å². The molecule has 0 aliphatic rings. The van der Waals surface area contributed by atoms with E-state index in [4.69, 9.17) is 11.6 Å². The van der Waals surface area contributed by atoms with E-state index in [1.807, 2.05) is 29.9 Å². The molecule has 1 N–H and O–H groups in total. The molecule has 0 radical (unpaired) electrons. The predicted molar refractivity (Wildman–Crippen MR) is 76.0 cm³/mol. The highest BCUT2D eigenvalue weighted by Gasteiger charge is 2.14. The fourth-order valence-electron chi connectivity index (χ4n) is 1.65. The van der Waals surface area contributed by atoms with E-state index in [2.05, 4.69) is 27.6 Å². The van der Waals surface area contributed by atoms with Crippen LogP contribution in [0.3, 0.4) is 0 Å². The highest BCUT2D eigenvalue weighted by molar-refractivity contribution is 14.1. The molecule has 1 aromatic carbocycles. The smallest absolute Gasteiger partial charge is 0.111 e. The van der Waals surface area contributed by atoms with Crippen molar-refractivity contribution in [3.05, 3.63) is 50.6 Å². The zero-order valence-corrected chi connectivity index (χ0v) is 12.2. The monoisotopic (exact) mass is 362 g/mol. The second-order valence-electron chi connectivity index (χ2n) is 3.84.